The highest BCUT2D eigenvalue weighted by Gasteiger charge is 2.13. The van der Waals surface area contributed by atoms with Gasteiger partial charge >= 0.3 is 5.63 Å². The van der Waals surface area contributed by atoms with Crippen LogP contribution in [0.5, 0.6) is 0 Å². The molecule has 0 aliphatic heterocycles. The van der Waals surface area contributed by atoms with Crippen molar-refractivity contribution in [1.82, 2.24) is 9.55 Å². The quantitative estimate of drug-likeness (QED) is 0.154. The number of aromatic nitrogens is 2. The molecule has 0 N–H and O–H groups in total. The zero-order chi connectivity index (χ0) is 21.8. The molecule has 4 rings (SSSR count). The molecule has 160 valence electrons. The summed E-state index contributed by atoms with van der Waals surface area (Å²) >= 11 is 1.49. The number of rotatable bonds is 8. The third-order valence-corrected chi connectivity index (χ3v) is 6.43. The van der Waals surface area contributed by atoms with Gasteiger partial charge in [0.15, 0.2) is 5.16 Å². The van der Waals surface area contributed by atoms with Gasteiger partial charge < -0.3 is 4.42 Å². The molecule has 0 saturated carbocycles. The molecule has 31 heavy (non-hydrogen) atoms. The average molecular weight is 435 g/mol. The molecule has 0 bridgehead atoms. The molecule has 0 unspecified atom stereocenters. The maximum absolute atomic E-state index is 13.2. The highest BCUT2D eigenvalue weighted by molar-refractivity contribution is 7.98. The zero-order valence-corrected chi connectivity index (χ0v) is 18.7. The van der Waals surface area contributed by atoms with E-state index in [1.165, 1.54) is 17.8 Å². The number of hydrogen-bond donors (Lipinski definition) is 0. The second kappa shape index (κ2) is 9.52. The highest BCUT2D eigenvalue weighted by atomic mass is 32.2. The first-order chi connectivity index (χ1) is 15.1. The lowest BCUT2D eigenvalue weighted by molar-refractivity contribution is 0.531. The Kier molecular flexibility index (Phi) is 6.56. The lowest BCUT2D eigenvalue weighted by Crippen LogP contribution is -2.23. The smallest absolute Gasteiger partial charge is 0.336 e. The average Bonchev–Trinajstić information content (AvgIpc) is 2.76. The lowest BCUT2D eigenvalue weighted by atomic mass is 10.1. The van der Waals surface area contributed by atoms with Crippen LogP contribution in [0.25, 0.3) is 21.9 Å². The molecule has 0 spiro atoms. The number of aryl methyl sites for hydroxylation is 1. The topological polar surface area (TPSA) is 65.1 Å². The first-order valence-corrected chi connectivity index (χ1v) is 11.7. The van der Waals surface area contributed by atoms with Crippen LogP contribution in [0.4, 0.5) is 0 Å². The summed E-state index contributed by atoms with van der Waals surface area (Å²) < 4.78 is 7.17. The van der Waals surface area contributed by atoms with E-state index in [9.17, 15) is 9.59 Å². The SMILES string of the molecule is CCCCCCn1c(SCc2cc(=O)oc3cc(C)ccc23)nc2ccccc2c1=O. The number of unbranched alkanes of at least 4 members (excludes halogenated alkanes) is 3. The van der Waals surface area contributed by atoms with E-state index in [1.807, 2.05) is 49.4 Å². The predicted octanol–water partition coefficient (Wildman–Crippen LogP) is 5.68. The van der Waals surface area contributed by atoms with E-state index in [0.717, 1.165) is 42.2 Å². The van der Waals surface area contributed by atoms with E-state index in [4.69, 9.17) is 9.40 Å². The Bertz CT molecular complexity index is 1340. The van der Waals surface area contributed by atoms with Crippen molar-refractivity contribution in [2.45, 2.75) is 57.0 Å². The van der Waals surface area contributed by atoms with Crippen LogP contribution in [0.2, 0.25) is 0 Å². The summed E-state index contributed by atoms with van der Waals surface area (Å²) in [7, 11) is 0. The minimum atomic E-state index is -0.364. The van der Waals surface area contributed by atoms with Crippen molar-refractivity contribution in [3.8, 4) is 0 Å². The Hall–Kier alpha value is -2.86. The largest absolute Gasteiger partial charge is 0.423 e. The molecule has 0 aliphatic carbocycles. The molecule has 2 heterocycles. The van der Waals surface area contributed by atoms with Crippen LogP contribution >= 0.6 is 11.8 Å². The maximum Gasteiger partial charge on any atom is 0.336 e. The van der Waals surface area contributed by atoms with Gasteiger partial charge in [0, 0.05) is 23.8 Å². The van der Waals surface area contributed by atoms with Crippen molar-refractivity contribution in [3.05, 3.63) is 80.4 Å². The third kappa shape index (κ3) is 4.74. The normalized spacial score (nSPS) is 11.4. The van der Waals surface area contributed by atoms with Crippen molar-refractivity contribution in [2.75, 3.05) is 0 Å². The van der Waals surface area contributed by atoms with Crippen molar-refractivity contribution < 1.29 is 4.42 Å². The van der Waals surface area contributed by atoms with E-state index >= 15 is 0 Å². The van der Waals surface area contributed by atoms with Crippen LogP contribution in [-0.4, -0.2) is 9.55 Å². The molecule has 0 radical (unpaired) electrons. The Morgan fingerprint density at radius 2 is 1.84 bits per heavy atom. The molecule has 2 aromatic carbocycles. The van der Waals surface area contributed by atoms with E-state index in [2.05, 4.69) is 6.92 Å². The van der Waals surface area contributed by atoms with Crippen LogP contribution in [0, 0.1) is 6.92 Å². The molecular formula is C25H26N2O3S. The first kappa shape index (κ1) is 21.4. The molecule has 0 amide bonds. The van der Waals surface area contributed by atoms with Crippen molar-refractivity contribution >= 4 is 33.6 Å². The number of fused-ring (bicyclic) bond motifs is 2. The third-order valence-electron chi connectivity index (χ3n) is 5.40. The van der Waals surface area contributed by atoms with E-state index in [-0.39, 0.29) is 11.2 Å². The maximum atomic E-state index is 13.2. The second-order valence-corrected chi connectivity index (χ2v) is 8.75. The Labute approximate surface area is 185 Å². The fourth-order valence-corrected chi connectivity index (χ4v) is 4.77. The van der Waals surface area contributed by atoms with Crippen LogP contribution in [-0.2, 0) is 12.3 Å². The van der Waals surface area contributed by atoms with Gasteiger partial charge in [0.05, 0.1) is 10.9 Å². The van der Waals surface area contributed by atoms with Crippen molar-refractivity contribution in [1.29, 1.82) is 0 Å². The molecule has 0 fully saturated rings. The van der Waals surface area contributed by atoms with Gasteiger partial charge in [0.1, 0.15) is 5.58 Å². The van der Waals surface area contributed by atoms with Crippen LogP contribution < -0.4 is 11.2 Å². The van der Waals surface area contributed by atoms with E-state index in [1.54, 1.807) is 4.57 Å². The molecule has 0 saturated heterocycles. The Morgan fingerprint density at radius 1 is 1.00 bits per heavy atom. The van der Waals surface area contributed by atoms with Crippen molar-refractivity contribution in [2.24, 2.45) is 0 Å². The van der Waals surface area contributed by atoms with E-state index in [0.29, 0.717) is 33.9 Å². The molecule has 2 aromatic heterocycles. The van der Waals surface area contributed by atoms with Gasteiger partial charge in [-0.15, -0.1) is 0 Å². The summed E-state index contributed by atoms with van der Waals surface area (Å²) in [6, 6.07) is 14.9. The number of nitrogens with zero attached hydrogens (tertiary/aromatic N) is 2. The summed E-state index contributed by atoms with van der Waals surface area (Å²) in [6.07, 6.45) is 4.33. The number of para-hydroxylation sites is 1. The van der Waals surface area contributed by atoms with Crippen molar-refractivity contribution in [3.63, 3.8) is 0 Å². The summed E-state index contributed by atoms with van der Waals surface area (Å²) in [5.41, 5.74) is 2.85. The molecular weight excluding hydrogens is 408 g/mol. The monoisotopic (exact) mass is 434 g/mol. The van der Waals surface area contributed by atoms with Gasteiger partial charge in [-0.25, -0.2) is 9.78 Å². The van der Waals surface area contributed by atoms with Crippen LogP contribution in [0.1, 0.15) is 43.7 Å². The predicted molar refractivity (Wildman–Crippen MR) is 127 cm³/mol. The summed E-state index contributed by atoms with van der Waals surface area (Å²) in [6.45, 7) is 4.79. The Morgan fingerprint density at radius 3 is 2.68 bits per heavy atom. The minimum Gasteiger partial charge on any atom is -0.423 e. The molecule has 6 heteroatoms. The standard InChI is InChI=1S/C25H26N2O3S/c1-3-4-5-8-13-27-24(29)20-9-6-7-10-21(20)26-25(27)31-16-18-15-23(28)30-22-14-17(2)11-12-19(18)22/h6-7,9-12,14-15H,3-5,8,13,16H2,1-2H3. The molecule has 4 aromatic rings. The highest BCUT2D eigenvalue weighted by Crippen LogP contribution is 2.27. The van der Waals surface area contributed by atoms with Gasteiger partial charge in [-0.2, -0.15) is 0 Å². The number of benzene rings is 2. The van der Waals surface area contributed by atoms with Gasteiger partial charge in [-0.05, 0) is 42.7 Å². The Balaban J connectivity index is 1.70. The lowest BCUT2D eigenvalue weighted by Gasteiger charge is -2.13. The first-order valence-electron chi connectivity index (χ1n) is 10.7. The molecule has 0 atom stereocenters. The number of thioether (sulfide) groups is 1. The van der Waals surface area contributed by atoms with Crippen LogP contribution in [0.15, 0.2) is 67.7 Å². The summed E-state index contributed by atoms with van der Waals surface area (Å²) in [4.78, 5) is 30.0. The number of hydrogen-bond acceptors (Lipinski definition) is 5. The molecule has 0 aliphatic rings. The molecule has 5 nitrogen and oxygen atoms in total. The van der Waals surface area contributed by atoms with Gasteiger partial charge in [0.2, 0.25) is 0 Å². The van der Waals surface area contributed by atoms with Gasteiger partial charge in [0.25, 0.3) is 5.56 Å². The minimum absolute atomic E-state index is 0.00217. The summed E-state index contributed by atoms with van der Waals surface area (Å²) in [5.74, 6) is 0.533. The fourth-order valence-electron chi connectivity index (χ4n) is 3.75. The van der Waals surface area contributed by atoms with E-state index < -0.39 is 0 Å². The van der Waals surface area contributed by atoms with Gasteiger partial charge in [-0.1, -0.05) is 62.2 Å². The fraction of sp³-hybridized carbons (Fsp3) is 0.320. The van der Waals surface area contributed by atoms with Gasteiger partial charge in [-0.3, -0.25) is 9.36 Å². The zero-order valence-electron chi connectivity index (χ0n) is 17.9. The summed E-state index contributed by atoms with van der Waals surface area (Å²) in [5, 5.41) is 2.24. The second-order valence-electron chi connectivity index (χ2n) is 7.81. The van der Waals surface area contributed by atoms with Crippen LogP contribution in [0.3, 0.4) is 0 Å².